The molecule has 1 heterocycles. The maximum absolute atomic E-state index is 13.2. The fourth-order valence-corrected chi connectivity index (χ4v) is 7.99. The highest BCUT2D eigenvalue weighted by atomic mass is 16.6. The SMILES string of the molecule is COC(=O)c1c(Cc2cccc([C@@H]3O[C@H](COCc4ccccc4)[C@@H](OCc4ccccc4)[C@H](OCc4ccccc4)[C@H]3OCc3ccccc3)c2)cc2cccccc1-2. The first-order chi connectivity index (χ1) is 29.6. The quantitative estimate of drug-likeness (QED) is 0.0850. The minimum atomic E-state index is -0.581. The first-order valence-corrected chi connectivity index (χ1v) is 20.5. The predicted octanol–water partition coefficient (Wildman–Crippen LogP) is 10.6. The minimum absolute atomic E-state index is 0.265. The number of fused-ring (bicyclic) bond motifs is 1. The lowest BCUT2D eigenvalue weighted by Gasteiger charge is -2.46. The molecule has 1 saturated heterocycles. The van der Waals surface area contributed by atoms with E-state index in [1.54, 1.807) is 0 Å². The molecule has 0 unspecified atom stereocenters. The van der Waals surface area contributed by atoms with Crippen molar-refractivity contribution in [3.05, 3.63) is 226 Å². The van der Waals surface area contributed by atoms with E-state index in [9.17, 15) is 4.79 Å². The highest BCUT2D eigenvalue weighted by Gasteiger charge is 2.49. The molecular weight excluding hydrogens is 749 g/mol. The largest absolute Gasteiger partial charge is 0.465 e. The molecule has 0 N–H and O–H groups in total. The van der Waals surface area contributed by atoms with Crippen molar-refractivity contribution in [3.8, 4) is 11.1 Å². The molecule has 60 heavy (non-hydrogen) atoms. The number of carbonyl (C=O) groups excluding carboxylic acids is 1. The second-order valence-electron chi connectivity index (χ2n) is 15.1. The summed E-state index contributed by atoms with van der Waals surface area (Å²) in [7, 11) is 1.43. The van der Waals surface area contributed by atoms with Crippen LogP contribution in [-0.2, 0) is 61.3 Å². The van der Waals surface area contributed by atoms with Crippen LogP contribution in [-0.4, -0.2) is 44.1 Å². The Hall–Kier alpha value is -5.93. The molecule has 7 nitrogen and oxygen atoms in total. The molecule has 0 spiro atoms. The third-order valence-electron chi connectivity index (χ3n) is 10.9. The number of ether oxygens (including phenoxy) is 6. The number of esters is 1. The Morgan fingerprint density at radius 2 is 1.02 bits per heavy atom. The molecule has 5 atom stereocenters. The van der Waals surface area contributed by atoms with E-state index in [1.165, 1.54) is 7.11 Å². The molecule has 5 aromatic carbocycles. The Labute approximate surface area is 352 Å². The van der Waals surface area contributed by atoms with E-state index in [2.05, 4.69) is 72.8 Å². The summed E-state index contributed by atoms with van der Waals surface area (Å²) in [5.74, 6) is -0.356. The molecule has 5 aromatic rings. The molecule has 0 aromatic heterocycles. The van der Waals surface area contributed by atoms with Gasteiger partial charge >= 0.3 is 5.97 Å². The second-order valence-corrected chi connectivity index (χ2v) is 15.1. The zero-order chi connectivity index (χ0) is 40.9. The number of methoxy groups -OCH3 is 1. The summed E-state index contributed by atoms with van der Waals surface area (Å²) < 4.78 is 39.8. The topological polar surface area (TPSA) is 72.5 Å². The van der Waals surface area contributed by atoms with Crippen molar-refractivity contribution in [2.24, 2.45) is 0 Å². The van der Waals surface area contributed by atoms with E-state index in [0.717, 1.165) is 50.1 Å². The summed E-state index contributed by atoms with van der Waals surface area (Å²) in [6.07, 6.45) is -2.26. The van der Waals surface area contributed by atoms with Gasteiger partial charge < -0.3 is 28.4 Å². The van der Waals surface area contributed by atoms with Crippen LogP contribution in [0.3, 0.4) is 0 Å². The van der Waals surface area contributed by atoms with Crippen molar-refractivity contribution in [2.45, 2.75) is 63.4 Å². The molecule has 1 aliphatic heterocycles. The Balaban J connectivity index is 1.17. The minimum Gasteiger partial charge on any atom is -0.465 e. The molecule has 3 aliphatic rings. The normalized spacial score (nSPS) is 18.9. The van der Waals surface area contributed by atoms with E-state index in [4.69, 9.17) is 28.4 Å². The average Bonchev–Trinajstić information content (AvgIpc) is 3.47. The van der Waals surface area contributed by atoms with Gasteiger partial charge in [0.05, 0.1) is 45.7 Å². The van der Waals surface area contributed by atoms with Gasteiger partial charge in [0.2, 0.25) is 0 Å². The van der Waals surface area contributed by atoms with E-state index >= 15 is 0 Å². The standard InChI is InChI=1S/C53H50O7/c1-55-53(54)48-45(32-43-27-15-6-16-29-46(43)48)31-42-26-17-28-44(30-42)49-51(58-35-40-22-11-4-12-23-40)52(59-36-41-24-13-5-14-25-41)50(57-34-39-20-9-3-10-21-39)47(60-49)37-56-33-38-18-7-2-8-19-38/h2-30,32,47,49-52H,31,33-37H2,1H3/t47-,49+,50-,51+,52+/m1/s1. The lowest BCUT2D eigenvalue weighted by Crippen LogP contribution is -2.58. The number of hydrogen-bond acceptors (Lipinski definition) is 7. The van der Waals surface area contributed by atoms with Gasteiger partial charge in [-0.1, -0.05) is 176 Å². The molecule has 0 amide bonds. The van der Waals surface area contributed by atoms with Crippen molar-refractivity contribution in [1.82, 2.24) is 0 Å². The number of benzene rings is 5. The molecule has 0 saturated carbocycles. The summed E-state index contributed by atoms with van der Waals surface area (Å²) >= 11 is 0. The van der Waals surface area contributed by atoms with Gasteiger partial charge in [-0.15, -0.1) is 0 Å². The van der Waals surface area contributed by atoms with Crippen LogP contribution in [0.2, 0.25) is 0 Å². The summed E-state index contributed by atoms with van der Waals surface area (Å²) in [6.45, 7) is 1.74. The lowest BCUT2D eigenvalue weighted by atomic mass is 9.89. The van der Waals surface area contributed by atoms with Crippen LogP contribution in [0.5, 0.6) is 0 Å². The molecule has 1 fully saturated rings. The van der Waals surface area contributed by atoms with Gasteiger partial charge in [0, 0.05) is 0 Å². The number of hydrogen-bond donors (Lipinski definition) is 0. The van der Waals surface area contributed by atoms with Crippen molar-refractivity contribution in [2.75, 3.05) is 13.7 Å². The second kappa shape index (κ2) is 20.4. The highest BCUT2D eigenvalue weighted by Crippen LogP contribution is 2.40. The Bertz CT molecular complexity index is 2350. The first-order valence-electron chi connectivity index (χ1n) is 20.5. The predicted molar refractivity (Wildman–Crippen MR) is 232 cm³/mol. The van der Waals surface area contributed by atoms with Crippen LogP contribution < -0.4 is 0 Å². The van der Waals surface area contributed by atoms with E-state index in [0.29, 0.717) is 38.4 Å². The highest BCUT2D eigenvalue weighted by molar-refractivity contribution is 6.01. The van der Waals surface area contributed by atoms with Gasteiger partial charge in [0.25, 0.3) is 0 Å². The van der Waals surface area contributed by atoms with Gasteiger partial charge in [-0.05, 0) is 62.6 Å². The Morgan fingerprint density at radius 1 is 0.517 bits per heavy atom. The molecular formula is C53H50O7. The van der Waals surface area contributed by atoms with Crippen LogP contribution in [0.4, 0.5) is 0 Å². The summed E-state index contributed by atoms with van der Waals surface area (Å²) in [4.78, 5) is 13.2. The van der Waals surface area contributed by atoms with Crippen LogP contribution in [0.25, 0.3) is 11.1 Å². The molecule has 8 rings (SSSR count). The lowest BCUT2D eigenvalue weighted by molar-refractivity contribution is -0.275. The molecule has 0 bridgehead atoms. The molecule has 7 heteroatoms. The van der Waals surface area contributed by atoms with Gasteiger partial charge in [-0.25, -0.2) is 4.79 Å². The molecule has 0 radical (unpaired) electrons. The molecule has 2 aliphatic carbocycles. The maximum Gasteiger partial charge on any atom is 0.338 e. The van der Waals surface area contributed by atoms with Crippen LogP contribution in [0, 0.1) is 0 Å². The Morgan fingerprint density at radius 3 is 1.60 bits per heavy atom. The van der Waals surface area contributed by atoms with Crippen LogP contribution in [0.15, 0.2) is 182 Å². The first kappa shape index (κ1) is 40.8. The van der Waals surface area contributed by atoms with Gasteiger partial charge in [0.1, 0.15) is 30.5 Å². The van der Waals surface area contributed by atoms with E-state index in [-0.39, 0.29) is 12.6 Å². The average molecular weight is 799 g/mol. The van der Waals surface area contributed by atoms with Crippen molar-refractivity contribution in [1.29, 1.82) is 0 Å². The van der Waals surface area contributed by atoms with Gasteiger partial charge in [0.15, 0.2) is 0 Å². The molecule has 304 valence electrons. The van der Waals surface area contributed by atoms with Crippen molar-refractivity contribution >= 4 is 5.97 Å². The summed E-state index contributed by atoms with van der Waals surface area (Å²) in [5, 5.41) is 0. The van der Waals surface area contributed by atoms with Crippen molar-refractivity contribution in [3.63, 3.8) is 0 Å². The zero-order valence-corrected chi connectivity index (χ0v) is 33.8. The van der Waals surface area contributed by atoms with E-state index < -0.39 is 30.5 Å². The third-order valence-corrected chi connectivity index (χ3v) is 10.9. The zero-order valence-electron chi connectivity index (χ0n) is 33.8. The van der Waals surface area contributed by atoms with Crippen LogP contribution in [0.1, 0.15) is 55.4 Å². The maximum atomic E-state index is 13.2. The van der Waals surface area contributed by atoms with Crippen molar-refractivity contribution < 1.29 is 33.2 Å². The van der Waals surface area contributed by atoms with Gasteiger partial charge in [-0.3, -0.25) is 0 Å². The number of carbonyl (C=O) groups is 1. The summed E-state index contributed by atoms with van der Waals surface area (Å²) in [5.41, 5.74) is 9.45. The summed E-state index contributed by atoms with van der Waals surface area (Å²) in [6, 6.07) is 60.9. The smallest absolute Gasteiger partial charge is 0.338 e. The number of rotatable bonds is 17. The fraction of sp³-hybridized carbons (Fsp3) is 0.226. The van der Waals surface area contributed by atoms with Gasteiger partial charge in [-0.2, -0.15) is 0 Å². The fourth-order valence-electron chi connectivity index (χ4n) is 7.99. The van der Waals surface area contributed by atoms with E-state index in [1.807, 2.05) is 109 Å². The third kappa shape index (κ3) is 10.3. The van der Waals surface area contributed by atoms with Crippen LogP contribution >= 0.6 is 0 Å². The Kier molecular flexibility index (Phi) is 13.9. The monoisotopic (exact) mass is 798 g/mol.